The number of piperidine rings is 1. The van der Waals surface area contributed by atoms with Gasteiger partial charge in [0, 0.05) is 25.7 Å². The Kier molecular flexibility index (Phi) is 7.30. The van der Waals surface area contributed by atoms with Gasteiger partial charge in [-0.05, 0) is 37.3 Å². The summed E-state index contributed by atoms with van der Waals surface area (Å²) in [5.41, 5.74) is 0. The van der Waals surface area contributed by atoms with Crippen molar-refractivity contribution < 1.29 is 14.3 Å². The van der Waals surface area contributed by atoms with Gasteiger partial charge in [-0.3, -0.25) is 9.59 Å². The van der Waals surface area contributed by atoms with Crippen LogP contribution in [0.3, 0.4) is 0 Å². The van der Waals surface area contributed by atoms with Crippen molar-refractivity contribution in [3.8, 4) is 5.88 Å². The van der Waals surface area contributed by atoms with Crippen LogP contribution in [0.2, 0.25) is 0 Å². The lowest BCUT2D eigenvalue weighted by Crippen LogP contribution is -2.52. The van der Waals surface area contributed by atoms with Crippen LogP contribution in [0.4, 0.5) is 0 Å². The van der Waals surface area contributed by atoms with E-state index in [0.29, 0.717) is 25.4 Å². The summed E-state index contributed by atoms with van der Waals surface area (Å²) in [4.78, 5) is 25.9. The first-order valence-electron chi connectivity index (χ1n) is 8.09. The SMILES string of the molecule is CSCC[C@H](NC(C)=O)C(=O)N1CCC[C@H](Oc2cccnn2)C1. The van der Waals surface area contributed by atoms with E-state index in [9.17, 15) is 9.59 Å². The normalized spacial score (nSPS) is 18.8. The molecule has 1 aromatic heterocycles. The number of carbonyl (C=O) groups excluding carboxylic acids is 2. The van der Waals surface area contributed by atoms with E-state index in [1.807, 2.05) is 6.26 Å². The highest BCUT2D eigenvalue weighted by Gasteiger charge is 2.30. The quantitative estimate of drug-likeness (QED) is 0.791. The van der Waals surface area contributed by atoms with E-state index in [2.05, 4.69) is 15.5 Å². The lowest BCUT2D eigenvalue weighted by molar-refractivity contribution is -0.138. The average Bonchev–Trinajstić information content (AvgIpc) is 2.59. The number of hydrogen-bond acceptors (Lipinski definition) is 6. The molecule has 1 N–H and O–H groups in total. The van der Waals surface area contributed by atoms with E-state index >= 15 is 0 Å². The van der Waals surface area contributed by atoms with Gasteiger partial charge in [0.1, 0.15) is 12.1 Å². The maximum Gasteiger partial charge on any atom is 0.245 e. The molecule has 0 spiro atoms. The molecule has 132 valence electrons. The predicted molar refractivity (Wildman–Crippen MR) is 92.9 cm³/mol. The topological polar surface area (TPSA) is 84.4 Å². The zero-order chi connectivity index (χ0) is 17.4. The Bertz CT molecular complexity index is 543. The number of nitrogens with one attached hydrogen (secondary N) is 1. The van der Waals surface area contributed by atoms with Gasteiger partial charge < -0.3 is 15.0 Å². The van der Waals surface area contributed by atoms with Gasteiger partial charge in [-0.25, -0.2) is 0 Å². The number of amides is 2. The predicted octanol–water partition coefficient (Wildman–Crippen LogP) is 1.10. The summed E-state index contributed by atoms with van der Waals surface area (Å²) in [5, 5.41) is 10.5. The molecule has 1 fully saturated rings. The standard InChI is InChI=1S/C16H24N4O3S/c1-12(21)18-14(7-10-24-2)16(22)20-9-4-5-13(11-20)23-15-6-3-8-17-19-15/h3,6,8,13-14H,4-5,7,9-11H2,1-2H3,(H,18,21)/t13-,14-/m0/s1. The number of carbonyl (C=O) groups is 2. The molecule has 2 rings (SSSR count). The Balaban J connectivity index is 1.95. The van der Waals surface area contributed by atoms with E-state index in [-0.39, 0.29) is 17.9 Å². The molecule has 1 aromatic rings. The van der Waals surface area contributed by atoms with E-state index in [1.54, 1.807) is 35.0 Å². The van der Waals surface area contributed by atoms with E-state index in [0.717, 1.165) is 18.6 Å². The summed E-state index contributed by atoms with van der Waals surface area (Å²) in [6.45, 7) is 2.63. The van der Waals surface area contributed by atoms with E-state index in [1.165, 1.54) is 6.92 Å². The van der Waals surface area contributed by atoms with Crippen LogP contribution >= 0.6 is 11.8 Å². The Morgan fingerprint density at radius 3 is 3.04 bits per heavy atom. The van der Waals surface area contributed by atoms with Gasteiger partial charge >= 0.3 is 0 Å². The highest BCUT2D eigenvalue weighted by Crippen LogP contribution is 2.17. The van der Waals surface area contributed by atoms with Gasteiger partial charge in [-0.1, -0.05) is 0 Å². The number of nitrogens with zero attached hydrogens (tertiary/aromatic N) is 3. The lowest BCUT2D eigenvalue weighted by Gasteiger charge is -2.34. The highest BCUT2D eigenvalue weighted by molar-refractivity contribution is 7.98. The summed E-state index contributed by atoms with van der Waals surface area (Å²) in [5.74, 6) is 1.08. The zero-order valence-corrected chi connectivity index (χ0v) is 14.9. The Morgan fingerprint density at radius 2 is 2.38 bits per heavy atom. The van der Waals surface area contributed by atoms with Crippen LogP contribution in [0.15, 0.2) is 18.3 Å². The Labute approximate surface area is 146 Å². The fraction of sp³-hybridized carbons (Fsp3) is 0.625. The first-order valence-corrected chi connectivity index (χ1v) is 9.48. The van der Waals surface area contributed by atoms with Crippen LogP contribution in [-0.4, -0.2) is 64.2 Å². The third-order valence-corrected chi connectivity index (χ3v) is 4.46. The molecule has 2 heterocycles. The van der Waals surface area contributed by atoms with Gasteiger partial charge in [0.15, 0.2) is 0 Å². The Hall–Kier alpha value is -1.83. The fourth-order valence-corrected chi connectivity index (χ4v) is 3.19. The fourth-order valence-electron chi connectivity index (χ4n) is 2.71. The van der Waals surface area contributed by atoms with Crippen molar-refractivity contribution in [3.05, 3.63) is 18.3 Å². The van der Waals surface area contributed by atoms with Gasteiger partial charge in [0.2, 0.25) is 17.7 Å². The van der Waals surface area contributed by atoms with Crippen molar-refractivity contribution in [1.82, 2.24) is 20.4 Å². The number of likely N-dealkylation sites (tertiary alicyclic amines) is 1. The van der Waals surface area contributed by atoms with Crippen molar-refractivity contribution >= 4 is 23.6 Å². The minimum absolute atomic E-state index is 0.0355. The minimum atomic E-state index is -0.467. The lowest BCUT2D eigenvalue weighted by atomic mass is 10.1. The molecule has 0 aromatic carbocycles. The van der Waals surface area contributed by atoms with Gasteiger partial charge in [-0.2, -0.15) is 16.9 Å². The molecule has 2 atom stereocenters. The van der Waals surface area contributed by atoms with Gasteiger partial charge in [0.25, 0.3) is 0 Å². The third kappa shape index (κ3) is 5.67. The molecule has 0 aliphatic carbocycles. The van der Waals surface area contributed by atoms with E-state index < -0.39 is 6.04 Å². The number of ether oxygens (including phenoxy) is 1. The van der Waals surface area contributed by atoms with Crippen LogP contribution in [0.1, 0.15) is 26.2 Å². The van der Waals surface area contributed by atoms with Crippen molar-refractivity contribution in [2.75, 3.05) is 25.1 Å². The first-order chi connectivity index (χ1) is 11.6. The summed E-state index contributed by atoms with van der Waals surface area (Å²) in [7, 11) is 0. The molecule has 0 radical (unpaired) electrons. The van der Waals surface area contributed by atoms with Crippen LogP contribution < -0.4 is 10.1 Å². The molecular weight excluding hydrogens is 328 g/mol. The number of hydrogen-bond donors (Lipinski definition) is 1. The molecule has 1 saturated heterocycles. The molecule has 0 unspecified atom stereocenters. The molecule has 24 heavy (non-hydrogen) atoms. The molecule has 1 aliphatic rings. The smallest absolute Gasteiger partial charge is 0.245 e. The van der Waals surface area contributed by atoms with Crippen LogP contribution in [0.5, 0.6) is 5.88 Å². The molecular formula is C16H24N4O3S. The minimum Gasteiger partial charge on any atom is -0.471 e. The zero-order valence-electron chi connectivity index (χ0n) is 14.1. The summed E-state index contributed by atoms with van der Waals surface area (Å²) in [6, 6.07) is 3.06. The molecule has 7 nitrogen and oxygen atoms in total. The van der Waals surface area contributed by atoms with Crippen molar-refractivity contribution in [2.45, 2.75) is 38.3 Å². The second kappa shape index (κ2) is 9.46. The van der Waals surface area contributed by atoms with Crippen LogP contribution in [0, 0.1) is 0 Å². The maximum absolute atomic E-state index is 12.8. The molecule has 0 saturated carbocycles. The van der Waals surface area contributed by atoms with Crippen molar-refractivity contribution in [1.29, 1.82) is 0 Å². The molecule has 1 aliphatic heterocycles. The summed E-state index contributed by atoms with van der Waals surface area (Å²) in [6.07, 6.45) is 5.85. The molecule has 0 bridgehead atoms. The number of aromatic nitrogens is 2. The highest BCUT2D eigenvalue weighted by atomic mass is 32.2. The monoisotopic (exact) mass is 352 g/mol. The largest absolute Gasteiger partial charge is 0.471 e. The number of rotatable bonds is 7. The maximum atomic E-state index is 12.8. The number of thioether (sulfide) groups is 1. The second-order valence-corrected chi connectivity index (χ2v) is 6.75. The summed E-state index contributed by atoms with van der Waals surface area (Å²) < 4.78 is 5.82. The average molecular weight is 352 g/mol. The molecule has 2 amide bonds. The van der Waals surface area contributed by atoms with Gasteiger partial charge in [0.05, 0.1) is 6.54 Å². The van der Waals surface area contributed by atoms with Crippen molar-refractivity contribution in [2.24, 2.45) is 0 Å². The third-order valence-electron chi connectivity index (χ3n) is 3.81. The second-order valence-electron chi connectivity index (χ2n) is 5.76. The Morgan fingerprint density at radius 1 is 1.54 bits per heavy atom. The van der Waals surface area contributed by atoms with Gasteiger partial charge in [-0.15, -0.1) is 5.10 Å². The van der Waals surface area contributed by atoms with Crippen molar-refractivity contribution in [3.63, 3.8) is 0 Å². The first kappa shape index (κ1) is 18.5. The summed E-state index contributed by atoms with van der Waals surface area (Å²) >= 11 is 1.66. The van der Waals surface area contributed by atoms with Crippen LogP contribution in [0.25, 0.3) is 0 Å². The van der Waals surface area contributed by atoms with Crippen LogP contribution in [-0.2, 0) is 9.59 Å². The van der Waals surface area contributed by atoms with E-state index in [4.69, 9.17) is 4.74 Å². The molecule has 8 heteroatoms.